The van der Waals surface area contributed by atoms with Gasteiger partial charge in [-0.1, -0.05) is 36.8 Å². The predicted molar refractivity (Wildman–Crippen MR) is 77.0 cm³/mol. The molecule has 1 atom stereocenters. The summed E-state index contributed by atoms with van der Waals surface area (Å²) in [6.07, 6.45) is 3.98. The minimum absolute atomic E-state index is 0.436. The van der Waals surface area contributed by atoms with Gasteiger partial charge in [-0.3, -0.25) is 4.68 Å². The van der Waals surface area contributed by atoms with Gasteiger partial charge in [-0.05, 0) is 37.8 Å². The van der Waals surface area contributed by atoms with Crippen LogP contribution in [0.5, 0.6) is 0 Å². The van der Waals surface area contributed by atoms with Crippen LogP contribution in [0.4, 0.5) is 0 Å². The normalized spacial score (nSPS) is 12.6. The summed E-state index contributed by atoms with van der Waals surface area (Å²) in [5.41, 5.74) is 3.47. The molecule has 2 rings (SSSR count). The van der Waals surface area contributed by atoms with Gasteiger partial charge in [0.2, 0.25) is 0 Å². The van der Waals surface area contributed by atoms with Crippen LogP contribution in [0.15, 0.2) is 36.5 Å². The van der Waals surface area contributed by atoms with E-state index in [-0.39, 0.29) is 0 Å². The van der Waals surface area contributed by atoms with Crippen molar-refractivity contribution in [1.29, 1.82) is 0 Å². The third-order valence-corrected chi connectivity index (χ3v) is 3.32. The fraction of sp³-hybridized carbons (Fsp3) is 0.438. The zero-order valence-electron chi connectivity index (χ0n) is 11.7. The zero-order chi connectivity index (χ0) is 13.7. The van der Waals surface area contributed by atoms with Crippen LogP contribution in [-0.2, 0) is 13.0 Å². The van der Waals surface area contributed by atoms with E-state index in [1.807, 2.05) is 10.7 Å². The van der Waals surface area contributed by atoms with E-state index in [0.29, 0.717) is 0 Å². The SMILES string of the molecule is CCCn1nccc1C(O)CCc1cccc(C)c1. The van der Waals surface area contributed by atoms with Gasteiger partial charge in [0.05, 0.1) is 11.8 Å². The number of aromatic nitrogens is 2. The maximum Gasteiger partial charge on any atom is 0.0959 e. The first-order chi connectivity index (χ1) is 9.20. The maximum atomic E-state index is 10.3. The molecule has 0 aliphatic carbocycles. The van der Waals surface area contributed by atoms with E-state index < -0.39 is 6.10 Å². The zero-order valence-corrected chi connectivity index (χ0v) is 11.7. The smallest absolute Gasteiger partial charge is 0.0959 e. The molecule has 0 fully saturated rings. The van der Waals surface area contributed by atoms with Crippen molar-refractivity contribution in [2.75, 3.05) is 0 Å². The van der Waals surface area contributed by atoms with E-state index in [1.165, 1.54) is 11.1 Å². The molecule has 0 saturated heterocycles. The second-order valence-corrected chi connectivity index (χ2v) is 5.02. The predicted octanol–water partition coefficient (Wildman–Crippen LogP) is 3.27. The van der Waals surface area contributed by atoms with Gasteiger partial charge in [0.25, 0.3) is 0 Å². The monoisotopic (exact) mass is 258 g/mol. The Balaban J connectivity index is 1.97. The lowest BCUT2D eigenvalue weighted by Gasteiger charge is -2.13. The van der Waals surface area contributed by atoms with Gasteiger partial charge >= 0.3 is 0 Å². The summed E-state index contributed by atoms with van der Waals surface area (Å²) in [7, 11) is 0. The van der Waals surface area contributed by atoms with Crippen LogP contribution in [0.1, 0.15) is 42.7 Å². The summed E-state index contributed by atoms with van der Waals surface area (Å²) in [4.78, 5) is 0. The van der Waals surface area contributed by atoms with Crippen molar-refractivity contribution in [3.63, 3.8) is 0 Å². The molecule has 2 aromatic rings. The molecule has 102 valence electrons. The number of nitrogens with zero attached hydrogens (tertiary/aromatic N) is 2. The highest BCUT2D eigenvalue weighted by Crippen LogP contribution is 2.19. The van der Waals surface area contributed by atoms with Crippen LogP contribution in [0.25, 0.3) is 0 Å². The van der Waals surface area contributed by atoms with Gasteiger partial charge in [0, 0.05) is 12.7 Å². The molecule has 3 heteroatoms. The molecule has 1 heterocycles. The molecule has 1 N–H and O–H groups in total. The molecule has 3 nitrogen and oxygen atoms in total. The highest BCUT2D eigenvalue weighted by atomic mass is 16.3. The fourth-order valence-corrected chi connectivity index (χ4v) is 2.34. The molecule has 0 amide bonds. The lowest BCUT2D eigenvalue weighted by Crippen LogP contribution is -2.09. The molecular formula is C16H22N2O. The van der Waals surface area contributed by atoms with E-state index in [4.69, 9.17) is 0 Å². The number of aryl methyl sites for hydroxylation is 3. The fourth-order valence-electron chi connectivity index (χ4n) is 2.34. The van der Waals surface area contributed by atoms with E-state index in [0.717, 1.165) is 31.5 Å². The topological polar surface area (TPSA) is 38.0 Å². The molecule has 0 bridgehead atoms. The standard InChI is InChI=1S/C16H22N2O/c1-3-11-18-15(9-10-17-18)16(19)8-7-14-6-4-5-13(2)12-14/h4-6,9-10,12,16,19H,3,7-8,11H2,1-2H3. The molecule has 19 heavy (non-hydrogen) atoms. The van der Waals surface area contributed by atoms with E-state index in [1.54, 1.807) is 6.20 Å². The summed E-state index contributed by atoms with van der Waals surface area (Å²) in [5, 5.41) is 14.5. The van der Waals surface area contributed by atoms with Crippen molar-refractivity contribution >= 4 is 0 Å². The number of aliphatic hydroxyl groups is 1. The van der Waals surface area contributed by atoms with E-state index in [9.17, 15) is 5.11 Å². The molecular weight excluding hydrogens is 236 g/mol. The number of hydrogen-bond donors (Lipinski definition) is 1. The second kappa shape index (κ2) is 6.53. The molecule has 0 aliphatic heterocycles. The maximum absolute atomic E-state index is 10.3. The summed E-state index contributed by atoms with van der Waals surface area (Å²) < 4.78 is 1.90. The van der Waals surface area contributed by atoms with Crippen molar-refractivity contribution in [1.82, 2.24) is 9.78 Å². The molecule has 0 saturated carbocycles. The molecule has 0 radical (unpaired) electrons. The Morgan fingerprint density at radius 2 is 2.16 bits per heavy atom. The number of rotatable bonds is 6. The summed E-state index contributed by atoms with van der Waals surface area (Å²) in [5.74, 6) is 0. The third-order valence-electron chi connectivity index (χ3n) is 3.32. The van der Waals surface area contributed by atoms with Crippen LogP contribution in [-0.4, -0.2) is 14.9 Å². The first-order valence-corrected chi connectivity index (χ1v) is 6.96. The van der Waals surface area contributed by atoms with Crippen molar-refractivity contribution in [3.05, 3.63) is 53.3 Å². The average molecular weight is 258 g/mol. The minimum atomic E-state index is -0.436. The molecule has 1 unspecified atom stereocenters. The van der Waals surface area contributed by atoms with Gasteiger partial charge in [-0.25, -0.2) is 0 Å². The van der Waals surface area contributed by atoms with Crippen molar-refractivity contribution in [3.8, 4) is 0 Å². The highest BCUT2D eigenvalue weighted by molar-refractivity contribution is 5.22. The van der Waals surface area contributed by atoms with Crippen molar-refractivity contribution < 1.29 is 5.11 Å². The second-order valence-electron chi connectivity index (χ2n) is 5.02. The lowest BCUT2D eigenvalue weighted by molar-refractivity contribution is 0.156. The summed E-state index contributed by atoms with van der Waals surface area (Å²) in [6, 6.07) is 10.4. The Kier molecular flexibility index (Phi) is 4.74. The van der Waals surface area contributed by atoms with Gasteiger partial charge in [-0.15, -0.1) is 0 Å². The third kappa shape index (κ3) is 3.67. The molecule has 1 aromatic carbocycles. The Morgan fingerprint density at radius 1 is 1.32 bits per heavy atom. The highest BCUT2D eigenvalue weighted by Gasteiger charge is 2.12. The van der Waals surface area contributed by atoms with Crippen molar-refractivity contribution in [2.45, 2.75) is 45.8 Å². The molecule has 1 aromatic heterocycles. The van der Waals surface area contributed by atoms with Crippen LogP contribution < -0.4 is 0 Å². The van der Waals surface area contributed by atoms with Gasteiger partial charge in [0.15, 0.2) is 0 Å². The quantitative estimate of drug-likeness (QED) is 0.863. The number of aliphatic hydroxyl groups excluding tert-OH is 1. The molecule has 0 aliphatic rings. The van der Waals surface area contributed by atoms with Crippen molar-refractivity contribution in [2.24, 2.45) is 0 Å². The van der Waals surface area contributed by atoms with Crippen LogP contribution in [0.3, 0.4) is 0 Å². The van der Waals surface area contributed by atoms with E-state index >= 15 is 0 Å². The average Bonchev–Trinajstić information content (AvgIpc) is 2.85. The minimum Gasteiger partial charge on any atom is -0.387 e. The van der Waals surface area contributed by atoms with Gasteiger partial charge in [-0.2, -0.15) is 5.10 Å². The number of hydrogen-bond acceptors (Lipinski definition) is 2. The summed E-state index contributed by atoms with van der Waals surface area (Å²) >= 11 is 0. The van der Waals surface area contributed by atoms with Gasteiger partial charge < -0.3 is 5.11 Å². The summed E-state index contributed by atoms with van der Waals surface area (Å²) in [6.45, 7) is 5.07. The van der Waals surface area contributed by atoms with Crippen LogP contribution in [0, 0.1) is 6.92 Å². The van der Waals surface area contributed by atoms with E-state index in [2.05, 4.69) is 43.2 Å². The Hall–Kier alpha value is -1.61. The van der Waals surface area contributed by atoms with Crippen LogP contribution in [0.2, 0.25) is 0 Å². The number of benzene rings is 1. The van der Waals surface area contributed by atoms with Crippen LogP contribution >= 0.6 is 0 Å². The van der Waals surface area contributed by atoms with Gasteiger partial charge in [0.1, 0.15) is 0 Å². The largest absolute Gasteiger partial charge is 0.387 e. The lowest BCUT2D eigenvalue weighted by atomic mass is 10.0. The molecule has 0 spiro atoms. The Morgan fingerprint density at radius 3 is 2.89 bits per heavy atom. The first-order valence-electron chi connectivity index (χ1n) is 6.96. The Bertz CT molecular complexity index is 519. The first kappa shape index (κ1) is 13.8. The Labute approximate surface area is 114 Å².